The predicted molar refractivity (Wildman–Crippen MR) is 88.8 cm³/mol. The van der Waals surface area contributed by atoms with Gasteiger partial charge in [-0.25, -0.2) is 0 Å². The van der Waals surface area contributed by atoms with Gasteiger partial charge >= 0.3 is 0 Å². The zero-order valence-electron chi connectivity index (χ0n) is 14.0. The third kappa shape index (κ3) is 3.29. The SMILES string of the molecule is COc1cc(OC)cc([C@@H]2CCN(C(=O)[C@@H]3CCC[C@@H]3N)C2)c1. The number of nitrogens with two attached hydrogens (primary N) is 1. The fraction of sp³-hybridized carbons (Fsp3) is 0.611. The van der Waals surface area contributed by atoms with Crippen molar-refractivity contribution in [2.24, 2.45) is 11.7 Å². The monoisotopic (exact) mass is 318 g/mol. The molecule has 2 aliphatic rings. The lowest BCUT2D eigenvalue weighted by atomic mass is 9.97. The minimum Gasteiger partial charge on any atom is -0.497 e. The molecule has 5 nitrogen and oxygen atoms in total. The number of carbonyl (C=O) groups is 1. The topological polar surface area (TPSA) is 64.8 Å². The predicted octanol–water partition coefficient (Wildman–Crippen LogP) is 2.15. The maximum Gasteiger partial charge on any atom is 0.227 e. The molecule has 0 radical (unpaired) electrons. The fourth-order valence-corrected chi connectivity index (χ4v) is 3.83. The number of likely N-dealkylation sites (tertiary alicyclic amines) is 1. The van der Waals surface area contributed by atoms with Crippen molar-refractivity contribution in [2.75, 3.05) is 27.3 Å². The van der Waals surface area contributed by atoms with Crippen molar-refractivity contribution in [3.05, 3.63) is 23.8 Å². The van der Waals surface area contributed by atoms with Gasteiger partial charge in [-0.1, -0.05) is 6.42 Å². The molecule has 3 rings (SSSR count). The molecule has 5 heteroatoms. The van der Waals surface area contributed by atoms with Crippen LogP contribution in [-0.2, 0) is 4.79 Å². The summed E-state index contributed by atoms with van der Waals surface area (Å²) in [5.74, 6) is 2.19. The second-order valence-electron chi connectivity index (χ2n) is 6.62. The molecule has 2 fully saturated rings. The van der Waals surface area contributed by atoms with Crippen LogP contribution >= 0.6 is 0 Å². The van der Waals surface area contributed by atoms with Gasteiger partial charge in [-0.2, -0.15) is 0 Å². The summed E-state index contributed by atoms with van der Waals surface area (Å²) in [5, 5.41) is 0. The first-order valence-corrected chi connectivity index (χ1v) is 8.39. The van der Waals surface area contributed by atoms with Gasteiger partial charge < -0.3 is 20.1 Å². The van der Waals surface area contributed by atoms with Gasteiger partial charge in [-0.3, -0.25) is 4.79 Å². The van der Waals surface area contributed by atoms with Crippen molar-refractivity contribution in [1.29, 1.82) is 0 Å². The highest BCUT2D eigenvalue weighted by atomic mass is 16.5. The average Bonchev–Trinajstić information content (AvgIpc) is 3.22. The van der Waals surface area contributed by atoms with Gasteiger partial charge in [-0.15, -0.1) is 0 Å². The van der Waals surface area contributed by atoms with Crippen molar-refractivity contribution >= 4 is 5.91 Å². The van der Waals surface area contributed by atoms with E-state index in [4.69, 9.17) is 15.2 Å². The van der Waals surface area contributed by atoms with Crippen LogP contribution in [0.2, 0.25) is 0 Å². The molecule has 1 amide bonds. The summed E-state index contributed by atoms with van der Waals surface area (Å²) >= 11 is 0. The van der Waals surface area contributed by atoms with Gasteiger partial charge in [0.1, 0.15) is 11.5 Å². The van der Waals surface area contributed by atoms with Crippen LogP contribution in [0.1, 0.15) is 37.2 Å². The number of benzene rings is 1. The third-order valence-electron chi connectivity index (χ3n) is 5.23. The standard InChI is InChI=1S/C18H26N2O3/c1-22-14-8-13(9-15(10-14)23-2)12-6-7-20(11-12)18(21)16-4-3-5-17(16)19/h8-10,12,16-17H,3-7,11,19H2,1-2H3/t12-,16-,17+/m1/s1. The molecule has 1 heterocycles. The van der Waals surface area contributed by atoms with E-state index in [2.05, 4.69) is 0 Å². The number of carbonyl (C=O) groups excluding carboxylic acids is 1. The summed E-state index contributed by atoms with van der Waals surface area (Å²) in [4.78, 5) is 14.7. The first-order valence-electron chi connectivity index (χ1n) is 8.39. The zero-order valence-corrected chi connectivity index (χ0v) is 14.0. The molecule has 1 aromatic carbocycles. The molecular weight excluding hydrogens is 292 g/mol. The number of methoxy groups -OCH3 is 2. The number of ether oxygens (including phenoxy) is 2. The smallest absolute Gasteiger partial charge is 0.227 e. The number of rotatable bonds is 4. The summed E-state index contributed by atoms with van der Waals surface area (Å²) in [6, 6.07) is 6.00. The Morgan fingerprint density at radius 1 is 1.13 bits per heavy atom. The lowest BCUT2D eigenvalue weighted by Crippen LogP contribution is -2.40. The van der Waals surface area contributed by atoms with Crippen LogP contribution in [0.3, 0.4) is 0 Å². The Bertz CT molecular complexity index is 553. The molecule has 2 N–H and O–H groups in total. The molecule has 23 heavy (non-hydrogen) atoms. The molecule has 0 bridgehead atoms. The molecule has 126 valence electrons. The van der Waals surface area contributed by atoms with Crippen molar-refractivity contribution in [3.63, 3.8) is 0 Å². The molecule has 1 saturated carbocycles. The van der Waals surface area contributed by atoms with Crippen LogP contribution in [-0.4, -0.2) is 44.2 Å². The van der Waals surface area contributed by atoms with E-state index in [-0.39, 0.29) is 17.9 Å². The van der Waals surface area contributed by atoms with Crippen LogP contribution in [0.4, 0.5) is 0 Å². The number of amides is 1. The second-order valence-corrected chi connectivity index (χ2v) is 6.62. The van der Waals surface area contributed by atoms with Crippen LogP contribution in [0.15, 0.2) is 18.2 Å². The van der Waals surface area contributed by atoms with Gasteiger partial charge in [-0.05, 0) is 37.0 Å². The van der Waals surface area contributed by atoms with E-state index >= 15 is 0 Å². The molecule has 1 aromatic rings. The Balaban J connectivity index is 1.71. The Labute approximate surface area is 137 Å². The summed E-state index contributed by atoms with van der Waals surface area (Å²) in [6.07, 6.45) is 3.96. The summed E-state index contributed by atoms with van der Waals surface area (Å²) in [6.45, 7) is 1.57. The quantitative estimate of drug-likeness (QED) is 0.924. The van der Waals surface area contributed by atoms with Crippen LogP contribution in [0.25, 0.3) is 0 Å². The van der Waals surface area contributed by atoms with E-state index < -0.39 is 0 Å². The van der Waals surface area contributed by atoms with Crippen LogP contribution < -0.4 is 15.2 Å². The molecule has 3 atom stereocenters. The number of nitrogens with zero attached hydrogens (tertiary/aromatic N) is 1. The summed E-state index contributed by atoms with van der Waals surface area (Å²) < 4.78 is 10.7. The van der Waals surface area contributed by atoms with E-state index in [0.717, 1.165) is 50.3 Å². The number of hydrogen-bond donors (Lipinski definition) is 1. The molecular formula is C18H26N2O3. The minimum atomic E-state index is 0.0218. The third-order valence-corrected chi connectivity index (χ3v) is 5.23. The minimum absolute atomic E-state index is 0.0218. The summed E-state index contributed by atoms with van der Waals surface area (Å²) in [5.41, 5.74) is 7.26. The first kappa shape index (κ1) is 16.1. The summed E-state index contributed by atoms with van der Waals surface area (Å²) in [7, 11) is 3.31. The number of hydrogen-bond acceptors (Lipinski definition) is 4. The van der Waals surface area contributed by atoms with Gasteiger partial charge in [0.05, 0.1) is 20.1 Å². The van der Waals surface area contributed by atoms with Gasteiger partial charge in [0.25, 0.3) is 0 Å². The highest BCUT2D eigenvalue weighted by molar-refractivity contribution is 5.80. The average molecular weight is 318 g/mol. The molecule has 0 spiro atoms. The van der Waals surface area contributed by atoms with E-state index in [9.17, 15) is 4.79 Å². The highest BCUT2D eigenvalue weighted by Gasteiger charge is 2.36. The van der Waals surface area contributed by atoms with Gasteiger partial charge in [0.2, 0.25) is 5.91 Å². The fourth-order valence-electron chi connectivity index (χ4n) is 3.83. The Morgan fingerprint density at radius 3 is 2.39 bits per heavy atom. The van der Waals surface area contributed by atoms with E-state index in [1.54, 1.807) is 14.2 Å². The van der Waals surface area contributed by atoms with Crippen molar-refractivity contribution < 1.29 is 14.3 Å². The molecule has 0 aromatic heterocycles. The molecule has 1 saturated heterocycles. The molecule has 1 aliphatic carbocycles. The van der Waals surface area contributed by atoms with E-state index in [1.807, 2.05) is 23.1 Å². The largest absolute Gasteiger partial charge is 0.497 e. The van der Waals surface area contributed by atoms with Crippen LogP contribution in [0.5, 0.6) is 11.5 Å². The maximum absolute atomic E-state index is 12.7. The Kier molecular flexibility index (Phi) is 4.76. The van der Waals surface area contributed by atoms with E-state index in [1.165, 1.54) is 5.56 Å². The molecule has 1 aliphatic heterocycles. The maximum atomic E-state index is 12.7. The normalized spacial score (nSPS) is 27.3. The lowest BCUT2D eigenvalue weighted by molar-refractivity contribution is -0.134. The van der Waals surface area contributed by atoms with Crippen molar-refractivity contribution in [3.8, 4) is 11.5 Å². The first-order chi connectivity index (χ1) is 11.1. The highest BCUT2D eigenvalue weighted by Crippen LogP contribution is 2.34. The van der Waals surface area contributed by atoms with Crippen molar-refractivity contribution in [1.82, 2.24) is 4.90 Å². The van der Waals surface area contributed by atoms with Crippen molar-refractivity contribution in [2.45, 2.75) is 37.6 Å². The van der Waals surface area contributed by atoms with Gasteiger partial charge in [0, 0.05) is 31.1 Å². The van der Waals surface area contributed by atoms with E-state index in [0.29, 0.717) is 5.92 Å². The van der Waals surface area contributed by atoms with Crippen LogP contribution in [0, 0.1) is 5.92 Å². The molecule has 0 unspecified atom stereocenters. The Morgan fingerprint density at radius 2 is 1.83 bits per heavy atom. The zero-order chi connectivity index (χ0) is 16.4. The lowest BCUT2D eigenvalue weighted by Gasteiger charge is -2.23. The van der Waals surface area contributed by atoms with Gasteiger partial charge in [0.15, 0.2) is 0 Å². The second kappa shape index (κ2) is 6.79. The Hall–Kier alpha value is -1.75.